The Balaban J connectivity index is 1.71. The number of nitrogens with zero attached hydrogens (tertiary/aromatic N) is 1. The van der Waals surface area contributed by atoms with Gasteiger partial charge in [-0.25, -0.2) is 0 Å². The summed E-state index contributed by atoms with van der Waals surface area (Å²) in [6, 6.07) is 15.0. The Morgan fingerprint density at radius 3 is 2.69 bits per heavy atom. The Kier molecular flexibility index (Phi) is 5.76. The van der Waals surface area contributed by atoms with Crippen molar-refractivity contribution in [1.82, 2.24) is 10.3 Å². The fourth-order valence-electron chi connectivity index (χ4n) is 2.47. The predicted molar refractivity (Wildman–Crippen MR) is 106 cm³/mol. The molecule has 3 rings (SSSR count). The molecule has 0 saturated heterocycles. The molecule has 0 unspecified atom stereocenters. The van der Waals surface area contributed by atoms with Crippen LogP contribution in [0.4, 0.5) is 11.4 Å². The molecule has 132 valence electrons. The average Bonchev–Trinajstić information content (AvgIpc) is 2.65. The Morgan fingerprint density at radius 2 is 1.88 bits per heavy atom. The molecular formula is C20H17Cl2N3O. The van der Waals surface area contributed by atoms with Crippen molar-refractivity contribution in [2.75, 3.05) is 5.32 Å². The van der Waals surface area contributed by atoms with Crippen molar-refractivity contribution in [3.63, 3.8) is 0 Å². The van der Waals surface area contributed by atoms with Crippen molar-refractivity contribution in [1.29, 1.82) is 0 Å². The number of nitrogens with one attached hydrogen (secondary N) is 2. The van der Waals surface area contributed by atoms with Crippen molar-refractivity contribution in [2.45, 2.75) is 13.5 Å². The number of pyridine rings is 1. The van der Waals surface area contributed by atoms with Gasteiger partial charge in [-0.3, -0.25) is 9.78 Å². The molecule has 0 saturated carbocycles. The van der Waals surface area contributed by atoms with Crippen LogP contribution in [0.2, 0.25) is 10.0 Å². The molecule has 1 heterocycles. The van der Waals surface area contributed by atoms with Gasteiger partial charge in [-0.1, -0.05) is 53.5 Å². The molecular weight excluding hydrogens is 369 g/mol. The summed E-state index contributed by atoms with van der Waals surface area (Å²) in [6.07, 6.45) is 3.15. The first-order chi connectivity index (χ1) is 12.5. The maximum atomic E-state index is 12.4. The maximum absolute atomic E-state index is 12.4. The van der Waals surface area contributed by atoms with Crippen LogP contribution >= 0.6 is 23.2 Å². The highest BCUT2D eigenvalue weighted by atomic mass is 35.5. The van der Waals surface area contributed by atoms with Gasteiger partial charge < -0.3 is 10.6 Å². The molecule has 2 N–H and O–H groups in total. The summed E-state index contributed by atoms with van der Waals surface area (Å²) in [5.41, 5.74) is 3.98. The van der Waals surface area contributed by atoms with Crippen LogP contribution in [0.15, 0.2) is 60.9 Å². The zero-order valence-electron chi connectivity index (χ0n) is 14.1. The highest BCUT2D eigenvalue weighted by Gasteiger charge is 2.09. The molecule has 0 aliphatic rings. The molecule has 2 aromatic carbocycles. The molecule has 3 aromatic rings. The normalized spacial score (nSPS) is 10.4. The van der Waals surface area contributed by atoms with Gasteiger partial charge in [0.1, 0.15) is 0 Å². The lowest BCUT2D eigenvalue weighted by Gasteiger charge is -2.11. The third-order valence-electron chi connectivity index (χ3n) is 3.93. The monoisotopic (exact) mass is 385 g/mol. The number of benzene rings is 2. The maximum Gasteiger partial charge on any atom is 0.253 e. The molecule has 0 spiro atoms. The van der Waals surface area contributed by atoms with Crippen LogP contribution in [0, 0.1) is 6.92 Å². The minimum atomic E-state index is -0.193. The summed E-state index contributed by atoms with van der Waals surface area (Å²) in [6.45, 7) is 2.48. The van der Waals surface area contributed by atoms with E-state index < -0.39 is 0 Å². The average molecular weight is 386 g/mol. The number of amides is 1. The Labute approximate surface area is 162 Å². The van der Waals surface area contributed by atoms with E-state index in [1.54, 1.807) is 30.5 Å². The SMILES string of the molecule is Cc1ccccc1CNC(=O)c1cncc(Nc2cccc(Cl)c2Cl)c1. The molecule has 1 amide bonds. The summed E-state index contributed by atoms with van der Waals surface area (Å²) in [7, 11) is 0. The van der Waals surface area contributed by atoms with Crippen molar-refractivity contribution in [3.8, 4) is 0 Å². The number of anilines is 2. The lowest BCUT2D eigenvalue weighted by Crippen LogP contribution is -2.23. The van der Waals surface area contributed by atoms with Gasteiger partial charge in [-0.05, 0) is 36.2 Å². The fraction of sp³-hybridized carbons (Fsp3) is 0.100. The van der Waals surface area contributed by atoms with E-state index in [2.05, 4.69) is 15.6 Å². The third-order valence-corrected chi connectivity index (χ3v) is 4.75. The Morgan fingerprint density at radius 1 is 1.08 bits per heavy atom. The first kappa shape index (κ1) is 18.2. The van der Waals surface area contributed by atoms with Crippen LogP contribution in [-0.2, 0) is 6.54 Å². The molecule has 4 nitrogen and oxygen atoms in total. The number of carbonyl (C=O) groups is 1. The van der Waals surface area contributed by atoms with E-state index in [1.807, 2.05) is 31.2 Å². The number of carbonyl (C=O) groups excluding carboxylic acids is 1. The number of rotatable bonds is 5. The van der Waals surface area contributed by atoms with Crippen LogP contribution in [0.3, 0.4) is 0 Å². The zero-order valence-corrected chi connectivity index (χ0v) is 15.6. The summed E-state index contributed by atoms with van der Waals surface area (Å²) in [5.74, 6) is -0.193. The van der Waals surface area contributed by atoms with Gasteiger partial charge in [0.05, 0.1) is 33.2 Å². The third kappa shape index (κ3) is 4.34. The largest absolute Gasteiger partial charge is 0.353 e. The van der Waals surface area contributed by atoms with Crippen molar-refractivity contribution < 1.29 is 4.79 Å². The standard InChI is InChI=1S/C20H17Cl2N3O/c1-13-5-2-3-6-14(13)11-24-20(26)15-9-16(12-23-10-15)25-18-8-4-7-17(21)19(18)22/h2-10,12,25H,11H2,1H3,(H,24,26). The Hall–Kier alpha value is -2.56. The van der Waals surface area contributed by atoms with Crippen LogP contribution in [0.1, 0.15) is 21.5 Å². The predicted octanol–water partition coefficient (Wildman–Crippen LogP) is 5.37. The van der Waals surface area contributed by atoms with Gasteiger partial charge in [-0.2, -0.15) is 0 Å². The summed E-state index contributed by atoms with van der Waals surface area (Å²) in [5, 5.41) is 6.92. The molecule has 0 radical (unpaired) electrons. The second-order valence-electron chi connectivity index (χ2n) is 5.80. The summed E-state index contributed by atoms with van der Waals surface area (Å²) < 4.78 is 0. The van der Waals surface area contributed by atoms with Gasteiger partial charge >= 0.3 is 0 Å². The lowest BCUT2D eigenvalue weighted by molar-refractivity contribution is 0.0950. The van der Waals surface area contributed by atoms with E-state index in [1.165, 1.54) is 6.20 Å². The van der Waals surface area contributed by atoms with Gasteiger partial charge in [0, 0.05) is 12.7 Å². The highest BCUT2D eigenvalue weighted by molar-refractivity contribution is 6.43. The number of hydrogen-bond donors (Lipinski definition) is 2. The van der Waals surface area contributed by atoms with Gasteiger partial charge in [-0.15, -0.1) is 0 Å². The van der Waals surface area contributed by atoms with Crippen molar-refractivity contribution in [2.24, 2.45) is 0 Å². The minimum Gasteiger partial charge on any atom is -0.353 e. The molecule has 1 aromatic heterocycles. The summed E-state index contributed by atoms with van der Waals surface area (Å²) in [4.78, 5) is 16.6. The van der Waals surface area contributed by atoms with Crippen LogP contribution in [0.5, 0.6) is 0 Å². The topological polar surface area (TPSA) is 54.0 Å². The molecule has 0 bridgehead atoms. The van der Waals surface area contributed by atoms with Gasteiger partial charge in [0.25, 0.3) is 5.91 Å². The van der Waals surface area contributed by atoms with E-state index >= 15 is 0 Å². The molecule has 0 atom stereocenters. The number of aryl methyl sites for hydroxylation is 1. The molecule has 0 aliphatic carbocycles. The Bertz CT molecular complexity index is 944. The van der Waals surface area contributed by atoms with E-state index in [9.17, 15) is 4.79 Å². The van der Waals surface area contributed by atoms with Crippen molar-refractivity contribution in [3.05, 3.63) is 87.7 Å². The van der Waals surface area contributed by atoms with E-state index in [0.29, 0.717) is 33.5 Å². The molecule has 0 aliphatic heterocycles. The van der Waals surface area contributed by atoms with E-state index in [0.717, 1.165) is 11.1 Å². The number of aromatic nitrogens is 1. The first-order valence-electron chi connectivity index (χ1n) is 8.03. The molecule has 6 heteroatoms. The van der Waals surface area contributed by atoms with Crippen molar-refractivity contribution >= 4 is 40.5 Å². The zero-order chi connectivity index (χ0) is 18.5. The van der Waals surface area contributed by atoms with Crippen LogP contribution in [-0.4, -0.2) is 10.9 Å². The van der Waals surface area contributed by atoms with E-state index in [-0.39, 0.29) is 5.91 Å². The summed E-state index contributed by atoms with van der Waals surface area (Å²) >= 11 is 12.2. The highest BCUT2D eigenvalue weighted by Crippen LogP contribution is 2.31. The van der Waals surface area contributed by atoms with E-state index in [4.69, 9.17) is 23.2 Å². The van der Waals surface area contributed by atoms with Crippen LogP contribution < -0.4 is 10.6 Å². The second-order valence-corrected chi connectivity index (χ2v) is 6.58. The lowest BCUT2D eigenvalue weighted by atomic mass is 10.1. The first-order valence-corrected chi connectivity index (χ1v) is 8.79. The number of halogens is 2. The minimum absolute atomic E-state index is 0.193. The van der Waals surface area contributed by atoms with Crippen LogP contribution in [0.25, 0.3) is 0 Å². The second kappa shape index (κ2) is 8.21. The molecule has 26 heavy (non-hydrogen) atoms. The molecule has 0 fully saturated rings. The number of hydrogen-bond acceptors (Lipinski definition) is 3. The van der Waals surface area contributed by atoms with Gasteiger partial charge in [0.15, 0.2) is 0 Å². The fourth-order valence-corrected chi connectivity index (χ4v) is 2.82. The smallest absolute Gasteiger partial charge is 0.253 e. The quantitative estimate of drug-likeness (QED) is 0.620. The van der Waals surface area contributed by atoms with Gasteiger partial charge in [0.2, 0.25) is 0 Å².